The smallest absolute Gasteiger partial charge is 0.245 e. The maximum absolute atomic E-state index is 11.9. The van der Waals surface area contributed by atoms with E-state index in [9.17, 15) is 9.59 Å². The van der Waals surface area contributed by atoms with E-state index in [0.717, 1.165) is 0 Å². The van der Waals surface area contributed by atoms with Gasteiger partial charge in [-0.3, -0.25) is 9.59 Å². The zero-order valence-corrected chi connectivity index (χ0v) is 10.3. The van der Waals surface area contributed by atoms with Crippen LogP contribution in [-0.4, -0.2) is 48.6 Å². The second-order valence-electron chi connectivity index (χ2n) is 4.19. The molecule has 92 valence electrons. The van der Waals surface area contributed by atoms with Crippen molar-refractivity contribution < 1.29 is 14.3 Å². The van der Waals surface area contributed by atoms with E-state index in [-0.39, 0.29) is 24.0 Å². The zero-order chi connectivity index (χ0) is 12.3. The largest absolute Gasteiger partial charge is 0.380 e. The topological polar surface area (TPSA) is 58.6 Å². The first-order valence-corrected chi connectivity index (χ1v) is 5.64. The number of hydrogen-bond acceptors (Lipinski definition) is 3. The predicted molar refractivity (Wildman–Crippen MR) is 59.9 cm³/mol. The number of nitrogens with zero attached hydrogens (tertiary/aromatic N) is 1. The first kappa shape index (κ1) is 13.0. The number of carbonyl (C=O) groups excluding carboxylic acids is 2. The van der Waals surface area contributed by atoms with Crippen LogP contribution in [0.4, 0.5) is 0 Å². The third kappa shape index (κ3) is 2.52. The van der Waals surface area contributed by atoms with E-state index in [1.54, 1.807) is 18.9 Å². The Bertz CT molecular complexity index is 280. The summed E-state index contributed by atoms with van der Waals surface area (Å²) in [5.41, 5.74) is 0. The van der Waals surface area contributed by atoms with Crippen LogP contribution in [0, 0.1) is 0 Å². The number of methoxy groups -OCH3 is 1. The first-order valence-electron chi connectivity index (χ1n) is 5.64. The highest BCUT2D eigenvalue weighted by molar-refractivity contribution is 5.96. The van der Waals surface area contributed by atoms with Crippen LogP contribution in [0.25, 0.3) is 0 Å². The van der Waals surface area contributed by atoms with Crippen LogP contribution in [0.1, 0.15) is 27.2 Å². The highest BCUT2D eigenvalue weighted by atomic mass is 16.5. The fourth-order valence-electron chi connectivity index (χ4n) is 1.89. The summed E-state index contributed by atoms with van der Waals surface area (Å²) >= 11 is 0. The minimum atomic E-state index is -0.431. The normalized spacial score (nSPS) is 27.9. The second kappa shape index (κ2) is 5.30. The fourth-order valence-corrected chi connectivity index (χ4v) is 1.89. The molecule has 0 radical (unpaired) electrons. The molecule has 2 amide bonds. The maximum Gasteiger partial charge on any atom is 0.245 e. The Morgan fingerprint density at radius 3 is 2.62 bits per heavy atom. The van der Waals surface area contributed by atoms with Crippen molar-refractivity contribution in [3.05, 3.63) is 0 Å². The average molecular weight is 228 g/mol. The van der Waals surface area contributed by atoms with E-state index in [2.05, 4.69) is 5.32 Å². The van der Waals surface area contributed by atoms with Gasteiger partial charge in [-0.2, -0.15) is 0 Å². The molecule has 1 heterocycles. The molecule has 1 aliphatic rings. The number of nitrogens with one attached hydrogen (secondary N) is 1. The van der Waals surface area contributed by atoms with Crippen molar-refractivity contribution in [3.63, 3.8) is 0 Å². The van der Waals surface area contributed by atoms with E-state index < -0.39 is 6.04 Å². The van der Waals surface area contributed by atoms with Crippen molar-refractivity contribution in [2.24, 2.45) is 0 Å². The van der Waals surface area contributed by atoms with Crippen LogP contribution in [0.3, 0.4) is 0 Å². The van der Waals surface area contributed by atoms with E-state index in [0.29, 0.717) is 13.0 Å². The highest BCUT2D eigenvalue weighted by Gasteiger charge is 2.37. The fraction of sp³-hybridized carbons (Fsp3) is 0.818. The lowest BCUT2D eigenvalue weighted by molar-refractivity contribution is -0.150. The number of rotatable bonds is 4. The van der Waals surface area contributed by atoms with E-state index in [1.165, 1.54) is 0 Å². The van der Waals surface area contributed by atoms with Gasteiger partial charge in [0.1, 0.15) is 12.1 Å². The standard InChI is InChI=1S/C11H20N2O3/c1-5-9-10(14)12-8(3)11(15)13(9)6-7(2)16-4/h7-9H,5-6H2,1-4H3,(H,12,14). The van der Waals surface area contributed by atoms with Crippen molar-refractivity contribution in [2.75, 3.05) is 13.7 Å². The summed E-state index contributed by atoms with van der Waals surface area (Å²) in [7, 11) is 1.60. The Morgan fingerprint density at radius 2 is 2.12 bits per heavy atom. The molecule has 3 unspecified atom stereocenters. The van der Waals surface area contributed by atoms with Gasteiger partial charge in [0.2, 0.25) is 11.8 Å². The Morgan fingerprint density at radius 1 is 1.50 bits per heavy atom. The Balaban J connectivity index is 2.80. The molecule has 3 atom stereocenters. The van der Waals surface area contributed by atoms with Crippen molar-refractivity contribution >= 4 is 11.8 Å². The Kier molecular flexibility index (Phi) is 4.29. The van der Waals surface area contributed by atoms with Crippen LogP contribution >= 0.6 is 0 Å². The summed E-state index contributed by atoms with van der Waals surface area (Å²) < 4.78 is 5.14. The molecule has 1 saturated heterocycles. The SMILES string of the molecule is CCC1C(=O)NC(C)C(=O)N1CC(C)OC. The Hall–Kier alpha value is -1.10. The lowest BCUT2D eigenvalue weighted by atomic mass is 10.1. The monoisotopic (exact) mass is 228 g/mol. The molecule has 0 aromatic rings. The number of carbonyl (C=O) groups is 2. The molecule has 1 rings (SSSR count). The van der Waals surface area contributed by atoms with Crippen molar-refractivity contribution in [1.29, 1.82) is 0 Å². The molecular weight excluding hydrogens is 208 g/mol. The highest BCUT2D eigenvalue weighted by Crippen LogP contribution is 2.14. The van der Waals surface area contributed by atoms with Crippen molar-refractivity contribution in [3.8, 4) is 0 Å². The third-order valence-electron chi connectivity index (χ3n) is 2.93. The number of ether oxygens (including phenoxy) is 1. The lowest BCUT2D eigenvalue weighted by Gasteiger charge is -2.38. The quantitative estimate of drug-likeness (QED) is 0.745. The lowest BCUT2D eigenvalue weighted by Crippen LogP contribution is -2.63. The molecule has 5 heteroatoms. The summed E-state index contributed by atoms with van der Waals surface area (Å²) in [5, 5.41) is 2.68. The molecule has 0 aromatic heterocycles. The molecule has 0 bridgehead atoms. The maximum atomic E-state index is 11.9. The van der Waals surface area contributed by atoms with Crippen LogP contribution in [0.5, 0.6) is 0 Å². The van der Waals surface area contributed by atoms with E-state index in [4.69, 9.17) is 4.74 Å². The molecule has 16 heavy (non-hydrogen) atoms. The summed E-state index contributed by atoms with van der Waals surface area (Å²) in [5.74, 6) is -0.103. The summed E-state index contributed by atoms with van der Waals surface area (Å²) in [6.07, 6.45) is 0.567. The van der Waals surface area contributed by atoms with Gasteiger partial charge in [-0.25, -0.2) is 0 Å². The van der Waals surface area contributed by atoms with Crippen LogP contribution < -0.4 is 5.32 Å². The molecule has 1 fully saturated rings. The predicted octanol–water partition coefficient (Wildman–Crippen LogP) is 0.147. The third-order valence-corrected chi connectivity index (χ3v) is 2.93. The molecule has 0 aromatic carbocycles. The van der Waals surface area contributed by atoms with Gasteiger partial charge in [0, 0.05) is 13.7 Å². The molecule has 0 aliphatic carbocycles. The molecular formula is C11H20N2O3. The van der Waals surface area contributed by atoms with Gasteiger partial charge < -0.3 is 15.0 Å². The number of amides is 2. The molecule has 1 aliphatic heterocycles. The van der Waals surface area contributed by atoms with Gasteiger partial charge in [-0.15, -0.1) is 0 Å². The van der Waals surface area contributed by atoms with E-state index in [1.807, 2.05) is 13.8 Å². The molecule has 0 saturated carbocycles. The second-order valence-corrected chi connectivity index (χ2v) is 4.19. The summed E-state index contributed by atoms with van der Waals surface area (Å²) in [4.78, 5) is 25.3. The Labute approximate surface area is 96.1 Å². The van der Waals surface area contributed by atoms with Gasteiger partial charge in [0.05, 0.1) is 6.10 Å². The van der Waals surface area contributed by atoms with Gasteiger partial charge in [-0.1, -0.05) is 6.92 Å². The van der Waals surface area contributed by atoms with Gasteiger partial charge >= 0.3 is 0 Å². The molecule has 1 N–H and O–H groups in total. The summed E-state index contributed by atoms with van der Waals surface area (Å²) in [6.45, 7) is 5.96. The minimum absolute atomic E-state index is 0.0321. The van der Waals surface area contributed by atoms with Gasteiger partial charge in [0.15, 0.2) is 0 Å². The van der Waals surface area contributed by atoms with Crippen LogP contribution in [0.15, 0.2) is 0 Å². The van der Waals surface area contributed by atoms with Crippen LogP contribution in [0.2, 0.25) is 0 Å². The number of hydrogen-bond donors (Lipinski definition) is 1. The average Bonchev–Trinajstić information content (AvgIpc) is 2.25. The first-order chi connectivity index (χ1) is 7.51. The number of piperazine rings is 1. The molecule has 0 spiro atoms. The van der Waals surface area contributed by atoms with Gasteiger partial charge in [-0.05, 0) is 20.3 Å². The molecule has 5 nitrogen and oxygen atoms in total. The van der Waals surface area contributed by atoms with Crippen molar-refractivity contribution in [2.45, 2.75) is 45.4 Å². The zero-order valence-electron chi connectivity index (χ0n) is 10.3. The summed E-state index contributed by atoms with van der Waals surface area (Å²) in [6, 6.07) is -0.791. The van der Waals surface area contributed by atoms with Gasteiger partial charge in [0.25, 0.3) is 0 Å². The van der Waals surface area contributed by atoms with Crippen molar-refractivity contribution in [1.82, 2.24) is 10.2 Å². The minimum Gasteiger partial charge on any atom is -0.380 e. The van der Waals surface area contributed by atoms with E-state index >= 15 is 0 Å². The van der Waals surface area contributed by atoms with Crippen LogP contribution in [-0.2, 0) is 14.3 Å².